The van der Waals surface area contributed by atoms with Crippen LogP contribution in [-0.2, 0) is 10.0 Å². The molecule has 0 radical (unpaired) electrons. The number of benzene rings is 1. The van der Waals surface area contributed by atoms with Crippen LogP contribution in [-0.4, -0.2) is 15.0 Å². The summed E-state index contributed by atoms with van der Waals surface area (Å²) in [4.78, 5) is -0.120. The predicted octanol–water partition coefficient (Wildman–Crippen LogP) is 1.39. The van der Waals surface area contributed by atoms with Crippen molar-refractivity contribution in [1.29, 1.82) is 0 Å². The summed E-state index contributed by atoms with van der Waals surface area (Å²) in [5.41, 5.74) is 0. The molecule has 0 saturated carbocycles. The van der Waals surface area contributed by atoms with Crippen LogP contribution in [0, 0.1) is 0 Å². The molecule has 0 aliphatic rings. The van der Waals surface area contributed by atoms with Crippen molar-refractivity contribution >= 4 is 21.6 Å². The molecule has 0 spiro atoms. The van der Waals surface area contributed by atoms with E-state index < -0.39 is 10.0 Å². The third kappa shape index (κ3) is 2.60. The molecule has 1 aromatic rings. The van der Waals surface area contributed by atoms with E-state index in [0.29, 0.717) is 12.4 Å². The fraction of sp³-hybridized carbons (Fsp3) is 0.250. The molecule has 0 fully saturated rings. The number of hydrogen-bond donors (Lipinski definition) is 1. The van der Waals surface area contributed by atoms with Crippen LogP contribution in [0.25, 0.3) is 0 Å². The first-order valence-corrected chi connectivity index (χ1v) is 5.82. The Morgan fingerprint density at radius 2 is 2.14 bits per heavy atom. The van der Waals surface area contributed by atoms with E-state index in [9.17, 15) is 8.42 Å². The lowest BCUT2D eigenvalue weighted by Gasteiger charge is -2.06. The van der Waals surface area contributed by atoms with Crippen molar-refractivity contribution in [2.75, 3.05) is 6.61 Å². The highest BCUT2D eigenvalue weighted by Gasteiger charge is 2.13. The third-order valence-corrected chi connectivity index (χ3v) is 2.91. The average Bonchev–Trinajstić information content (AvgIpc) is 2.07. The second-order valence-corrected chi connectivity index (χ2v) is 4.51. The van der Waals surface area contributed by atoms with Crippen LogP contribution in [0.2, 0.25) is 5.02 Å². The molecule has 4 nitrogen and oxygen atoms in total. The molecule has 0 aliphatic carbocycles. The number of rotatable bonds is 3. The zero-order valence-corrected chi connectivity index (χ0v) is 9.10. The zero-order chi connectivity index (χ0) is 10.8. The van der Waals surface area contributed by atoms with Gasteiger partial charge in [0.05, 0.1) is 11.6 Å². The Kier molecular flexibility index (Phi) is 3.36. The highest BCUT2D eigenvalue weighted by atomic mass is 35.5. The number of nitrogens with two attached hydrogens (primary N) is 1. The van der Waals surface area contributed by atoms with Crippen molar-refractivity contribution in [3.8, 4) is 5.75 Å². The summed E-state index contributed by atoms with van der Waals surface area (Å²) in [7, 11) is -3.79. The molecule has 1 rings (SSSR count). The summed E-state index contributed by atoms with van der Waals surface area (Å²) in [6.45, 7) is 2.25. The van der Waals surface area contributed by atoms with E-state index in [4.69, 9.17) is 21.5 Å². The van der Waals surface area contributed by atoms with Crippen molar-refractivity contribution < 1.29 is 13.2 Å². The van der Waals surface area contributed by atoms with Crippen LogP contribution in [0.15, 0.2) is 23.1 Å². The maximum atomic E-state index is 11.0. The minimum absolute atomic E-state index is 0.0935. The van der Waals surface area contributed by atoms with Gasteiger partial charge in [-0.15, -0.1) is 0 Å². The summed E-state index contributed by atoms with van der Waals surface area (Å²) < 4.78 is 27.2. The van der Waals surface area contributed by atoms with Gasteiger partial charge in [0.25, 0.3) is 0 Å². The molecule has 0 bridgehead atoms. The van der Waals surface area contributed by atoms with Gasteiger partial charge in [0.1, 0.15) is 10.6 Å². The zero-order valence-electron chi connectivity index (χ0n) is 7.53. The first-order valence-electron chi connectivity index (χ1n) is 3.90. The Labute approximate surface area is 87.7 Å². The minimum Gasteiger partial charge on any atom is -0.494 e. The van der Waals surface area contributed by atoms with Gasteiger partial charge in [0.15, 0.2) is 0 Å². The van der Waals surface area contributed by atoms with Gasteiger partial charge in [-0.3, -0.25) is 0 Å². The molecule has 0 aromatic heterocycles. The SMILES string of the molecule is CCOc1ccc(Cl)c(S(N)(=O)=O)c1. The molecule has 0 atom stereocenters. The van der Waals surface area contributed by atoms with Crippen LogP contribution < -0.4 is 9.88 Å². The van der Waals surface area contributed by atoms with E-state index in [-0.39, 0.29) is 9.92 Å². The number of hydrogen-bond acceptors (Lipinski definition) is 3. The predicted molar refractivity (Wildman–Crippen MR) is 54.0 cm³/mol. The smallest absolute Gasteiger partial charge is 0.239 e. The van der Waals surface area contributed by atoms with E-state index in [1.54, 1.807) is 13.0 Å². The Hall–Kier alpha value is -0.780. The van der Waals surface area contributed by atoms with Gasteiger partial charge < -0.3 is 4.74 Å². The van der Waals surface area contributed by atoms with E-state index >= 15 is 0 Å². The van der Waals surface area contributed by atoms with Crippen molar-refractivity contribution in [3.05, 3.63) is 23.2 Å². The summed E-state index contributed by atoms with van der Waals surface area (Å²) in [6.07, 6.45) is 0. The lowest BCUT2D eigenvalue weighted by Crippen LogP contribution is -2.12. The lowest BCUT2D eigenvalue weighted by molar-refractivity contribution is 0.339. The second kappa shape index (κ2) is 4.16. The molecule has 6 heteroatoms. The Bertz CT molecular complexity index is 430. The van der Waals surface area contributed by atoms with E-state index in [2.05, 4.69) is 0 Å². The molecular formula is C8H10ClNO3S. The number of ether oxygens (including phenoxy) is 1. The highest BCUT2D eigenvalue weighted by Crippen LogP contribution is 2.25. The molecule has 0 amide bonds. The Balaban J connectivity index is 3.22. The molecule has 0 aliphatic heterocycles. The van der Waals surface area contributed by atoms with Crippen LogP contribution in [0.5, 0.6) is 5.75 Å². The second-order valence-electron chi connectivity index (χ2n) is 2.57. The van der Waals surface area contributed by atoms with Gasteiger partial charge in [-0.25, -0.2) is 13.6 Å². The molecule has 0 heterocycles. The summed E-state index contributed by atoms with van der Waals surface area (Å²) >= 11 is 5.67. The van der Waals surface area contributed by atoms with Crippen LogP contribution in [0.1, 0.15) is 6.92 Å². The van der Waals surface area contributed by atoms with Gasteiger partial charge >= 0.3 is 0 Å². The topological polar surface area (TPSA) is 69.4 Å². The van der Waals surface area contributed by atoms with Gasteiger partial charge in [0, 0.05) is 6.07 Å². The molecular weight excluding hydrogens is 226 g/mol. The fourth-order valence-electron chi connectivity index (χ4n) is 0.958. The van der Waals surface area contributed by atoms with E-state index in [0.717, 1.165) is 0 Å². The average molecular weight is 236 g/mol. The van der Waals surface area contributed by atoms with E-state index in [1.165, 1.54) is 12.1 Å². The summed E-state index contributed by atoms with van der Waals surface area (Å²) in [5.74, 6) is 0.431. The van der Waals surface area contributed by atoms with Crippen molar-refractivity contribution in [2.45, 2.75) is 11.8 Å². The Morgan fingerprint density at radius 1 is 1.50 bits per heavy atom. The van der Waals surface area contributed by atoms with Gasteiger partial charge in [-0.1, -0.05) is 11.6 Å². The normalized spacial score (nSPS) is 11.4. The van der Waals surface area contributed by atoms with Crippen molar-refractivity contribution in [3.63, 3.8) is 0 Å². The summed E-state index contributed by atoms with van der Waals surface area (Å²) in [6, 6.07) is 4.33. The molecule has 2 N–H and O–H groups in total. The number of sulfonamides is 1. The largest absolute Gasteiger partial charge is 0.494 e. The van der Waals surface area contributed by atoms with Crippen LogP contribution >= 0.6 is 11.6 Å². The number of primary sulfonamides is 1. The van der Waals surface area contributed by atoms with Gasteiger partial charge in [0.2, 0.25) is 10.0 Å². The maximum Gasteiger partial charge on any atom is 0.239 e. The van der Waals surface area contributed by atoms with Crippen molar-refractivity contribution in [1.82, 2.24) is 0 Å². The fourth-order valence-corrected chi connectivity index (χ4v) is 2.02. The Morgan fingerprint density at radius 3 is 2.64 bits per heavy atom. The minimum atomic E-state index is -3.79. The van der Waals surface area contributed by atoms with Crippen LogP contribution in [0.4, 0.5) is 0 Å². The maximum absolute atomic E-state index is 11.0. The van der Waals surface area contributed by atoms with E-state index in [1.807, 2.05) is 0 Å². The molecule has 0 saturated heterocycles. The van der Waals surface area contributed by atoms with Crippen molar-refractivity contribution in [2.24, 2.45) is 5.14 Å². The highest BCUT2D eigenvalue weighted by molar-refractivity contribution is 7.89. The molecule has 14 heavy (non-hydrogen) atoms. The summed E-state index contributed by atoms with van der Waals surface area (Å²) in [5, 5.41) is 5.05. The van der Waals surface area contributed by atoms with Crippen LogP contribution in [0.3, 0.4) is 0 Å². The number of halogens is 1. The first kappa shape index (κ1) is 11.3. The first-order chi connectivity index (χ1) is 6.45. The monoisotopic (exact) mass is 235 g/mol. The van der Waals surface area contributed by atoms with Gasteiger partial charge in [-0.2, -0.15) is 0 Å². The standard InChI is InChI=1S/C8H10ClNO3S/c1-2-13-6-3-4-7(9)8(5-6)14(10,11)12/h3-5H,2H2,1H3,(H2,10,11,12). The van der Waals surface area contributed by atoms with Gasteiger partial charge in [-0.05, 0) is 19.1 Å². The quantitative estimate of drug-likeness (QED) is 0.861. The molecule has 0 unspecified atom stereocenters. The third-order valence-electron chi connectivity index (χ3n) is 1.52. The lowest BCUT2D eigenvalue weighted by atomic mass is 10.3. The molecule has 78 valence electrons. The molecule has 1 aromatic carbocycles.